The molecule has 0 aromatic rings. The number of carbonyl (C=O) groups is 1. The molecule has 0 atom stereocenters. The van der Waals surface area contributed by atoms with Crippen molar-refractivity contribution >= 4 is 5.97 Å². The predicted molar refractivity (Wildman–Crippen MR) is 26.9 cm³/mol. The number of hydrogen-bond acceptors (Lipinski definition) is 5. The third-order valence-electron chi connectivity index (χ3n) is 0.591. The molecule has 0 amide bonds. The molecule has 0 fully saturated rings. The van der Waals surface area contributed by atoms with E-state index in [2.05, 4.69) is 4.74 Å². The summed E-state index contributed by atoms with van der Waals surface area (Å²) >= 11 is 0. The van der Waals surface area contributed by atoms with E-state index >= 15 is 0 Å². The average molecular weight is 134 g/mol. The monoisotopic (exact) mass is 134 g/mol. The highest BCUT2D eigenvalue weighted by atomic mass is 16.5. The molecular weight excluding hydrogens is 128 g/mol. The van der Waals surface area contributed by atoms with E-state index < -0.39 is 17.7 Å². The zero-order valence-corrected chi connectivity index (χ0v) is 4.66. The molecule has 0 saturated heterocycles. The van der Waals surface area contributed by atoms with E-state index in [1.54, 1.807) is 0 Å². The minimum absolute atomic E-state index is 1.00. The number of rotatable bonds is 1. The van der Waals surface area contributed by atoms with Crippen LogP contribution in [0.3, 0.4) is 0 Å². The number of aliphatic hydroxyl groups is 3. The Balaban J connectivity index is 4.21. The molecule has 52 valence electrons. The molecule has 0 rings (SSSR count). The van der Waals surface area contributed by atoms with Gasteiger partial charge in [0.2, 0.25) is 0 Å². The van der Waals surface area contributed by atoms with Crippen LogP contribution in [0.1, 0.15) is 0 Å². The Morgan fingerprint density at radius 1 is 1.33 bits per heavy atom. The molecule has 0 saturated carbocycles. The van der Waals surface area contributed by atoms with Gasteiger partial charge in [0.25, 0.3) is 5.76 Å². The first-order valence-corrected chi connectivity index (χ1v) is 1.99. The van der Waals surface area contributed by atoms with Crippen LogP contribution in [0, 0.1) is 0 Å². The highest BCUT2D eigenvalue weighted by Crippen LogP contribution is 1.94. The van der Waals surface area contributed by atoms with Gasteiger partial charge < -0.3 is 20.1 Å². The Hall–Kier alpha value is -1.39. The Kier molecular flexibility index (Phi) is 2.37. The number of esters is 1. The lowest BCUT2D eigenvalue weighted by Gasteiger charge is -1.94. The van der Waals surface area contributed by atoms with Crippen molar-refractivity contribution in [3.63, 3.8) is 0 Å². The van der Waals surface area contributed by atoms with Gasteiger partial charge in [-0.3, -0.25) is 0 Å². The molecule has 0 radical (unpaired) electrons. The molecule has 9 heavy (non-hydrogen) atoms. The second-order valence-corrected chi connectivity index (χ2v) is 1.16. The summed E-state index contributed by atoms with van der Waals surface area (Å²) < 4.78 is 3.91. The van der Waals surface area contributed by atoms with E-state index in [4.69, 9.17) is 15.3 Å². The highest BCUT2D eigenvalue weighted by molar-refractivity contribution is 5.85. The van der Waals surface area contributed by atoms with E-state index in [9.17, 15) is 4.79 Å². The van der Waals surface area contributed by atoms with Gasteiger partial charge in [0, 0.05) is 0 Å². The van der Waals surface area contributed by atoms with Crippen LogP contribution in [-0.4, -0.2) is 28.4 Å². The van der Waals surface area contributed by atoms with Crippen molar-refractivity contribution in [3.05, 3.63) is 11.7 Å². The normalized spacial score (nSPS) is 8.11. The number of hydrogen-bond donors (Lipinski definition) is 3. The van der Waals surface area contributed by atoms with E-state index in [0.29, 0.717) is 0 Å². The van der Waals surface area contributed by atoms with E-state index in [-0.39, 0.29) is 0 Å². The quantitative estimate of drug-likeness (QED) is 0.267. The van der Waals surface area contributed by atoms with Gasteiger partial charge in [-0.05, 0) is 0 Å². The summed E-state index contributed by atoms with van der Waals surface area (Å²) in [5, 5.41) is 24.3. The lowest BCUT2D eigenvalue weighted by Crippen LogP contribution is -2.06. The number of aliphatic hydroxyl groups excluding tert-OH is 2. The standard InChI is InChI=1S/C4H6O5/c1-9-4(8)2(5)3(6)7/h5-7H,1H3. The fourth-order valence-corrected chi connectivity index (χ4v) is 0.188. The maximum absolute atomic E-state index is 10.1. The molecule has 5 heteroatoms. The summed E-state index contributed by atoms with van der Waals surface area (Å²) in [5.41, 5.74) is 0. The van der Waals surface area contributed by atoms with Crippen LogP contribution in [0.25, 0.3) is 0 Å². The maximum Gasteiger partial charge on any atom is 0.380 e. The first-order chi connectivity index (χ1) is 4.09. The Labute approximate surface area is 50.8 Å². The van der Waals surface area contributed by atoms with E-state index in [0.717, 1.165) is 7.11 Å². The molecule has 0 unspecified atom stereocenters. The molecular formula is C4H6O5. The van der Waals surface area contributed by atoms with Crippen molar-refractivity contribution in [2.75, 3.05) is 7.11 Å². The summed E-state index contributed by atoms with van der Waals surface area (Å²) in [6, 6.07) is 0. The fraction of sp³-hybridized carbons (Fsp3) is 0.250. The summed E-state index contributed by atoms with van der Waals surface area (Å²) in [5.74, 6) is -3.82. The second-order valence-electron chi connectivity index (χ2n) is 1.16. The van der Waals surface area contributed by atoms with Crippen LogP contribution in [-0.2, 0) is 9.53 Å². The molecule has 0 aliphatic rings. The van der Waals surface area contributed by atoms with Crippen LogP contribution >= 0.6 is 0 Å². The van der Waals surface area contributed by atoms with Gasteiger partial charge in [0.05, 0.1) is 7.11 Å². The third kappa shape index (κ3) is 1.89. The van der Waals surface area contributed by atoms with Gasteiger partial charge in [-0.2, -0.15) is 0 Å². The van der Waals surface area contributed by atoms with E-state index in [1.807, 2.05) is 0 Å². The van der Waals surface area contributed by atoms with Crippen LogP contribution < -0.4 is 0 Å². The highest BCUT2D eigenvalue weighted by Gasteiger charge is 2.12. The Morgan fingerprint density at radius 3 is 1.89 bits per heavy atom. The minimum atomic E-state index is -1.44. The van der Waals surface area contributed by atoms with Gasteiger partial charge in [0.1, 0.15) is 0 Å². The third-order valence-corrected chi connectivity index (χ3v) is 0.591. The lowest BCUT2D eigenvalue weighted by molar-refractivity contribution is -0.139. The molecule has 5 nitrogen and oxygen atoms in total. The van der Waals surface area contributed by atoms with Gasteiger partial charge in [-0.25, -0.2) is 4.79 Å². The molecule has 0 aliphatic carbocycles. The summed E-state index contributed by atoms with van der Waals surface area (Å²) in [4.78, 5) is 10.1. The van der Waals surface area contributed by atoms with Crippen molar-refractivity contribution < 1.29 is 24.9 Å². The SMILES string of the molecule is COC(=O)C(O)=C(O)O. The molecule has 0 aromatic heterocycles. The van der Waals surface area contributed by atoms with Crippen molar-refractivity contribution in [3.8, 4) is 0 Å². The van der Waals surface area contributed by atoms with Crippen molar-refractivity contribution in [2.45, 2.75) is 0 Å². The van der Waals surface area contributed by atoms with Gasteiger partial charge in [-0.1, -0.05) is 0 Å². The van der Waals surface area contributed by atoms with Gasteiger partial charge in [-0.15, -0.1) is 0 Å². The zero-order valence-electron chi connectivity index (χ0n) is 4.66. The number of ether oxygens (including phenoxy) is 1. The number of carbonyl (C=O) groups excluding carboxylic acids is 1. The van der Waals surface area contributed by atoms with Crippen LogP contribution in [0.5, 0.6) is 0 Å². The summed E-state index contributed by atoms with van der Waals surface area (Å²) in [6.45, 7) is 0. The van der Waals surface area contributed by atoms with Crippen molar-refractivity contribution in [1.29, 1.82) is 0 Å². The van der Waals surface area contributed by atoms with Crippen LogP contribution in [0.15, 0.2) is 11.7 Å². The summed E-state index contributed by atoms with van der Waals surface area (Å²) in [6.07, 6.45) is 0. The Morgan fingerprint density at radius 2 is 1.78 bits per heavy atom. The van der Waals surface area contributed by atoms with Crippen LogP contribution in [0.4, 0.5) is 0 Å². The van der Waals surface area contributed by atoms with E-state index in [1.165, 1.54) is 0 Å². The van der Waals surface area contributed by atoms with Crippen molar-refractivity contribution in [1.82, 2.24) is 0 Å². The largest absolute Gasteiger partial charge is 0.497 e. The first-order valence-electron chi connectivity index (χ1n) is 1.99. The molecule has 0 aliphatic heterocycles. The molecule has 0 aromatic carbocycles. The second kappa shape index (κ2) is 2.81. The maximum atomic E-state index is 10.1. The first kappa shape index (κ1) is 7.61. The molecule has 0 spiro atoms. The predicted octanol–water partition coefficient (Wildman–Crippen LogP) is 0.00250. The fourth-order valence-electron chi connectivity index (χ4n) is 0.188. The van der Waals surface area contributed by atoms with Gasteiger partial charge in [0.15, 0.2) is 0 Å². The lowest BCUT2D eigenvalue weighted by atomic mass is 10.5. The molecule has 0 heterocycles. The van der Waals surface area contributed by atoms with Crippen molar-refractivity contribution in [2.24, 2.45) is 0 Å². The number of methoxy groups -OCH3 is 1. The average Bonchev–Trinajstić information content (AvgIpc) is 1.84. The van der Waals surface area contributed by atoms with Crippen LogP contribution in [0.2, 0.25) is 0 Å². The summed E-state index contributed by atoms with van der Waals surface area (Å²) in [7, 11) is 1.00. The zero-order chi connectivity index (χ0) is 7.44. The topological polar surface area (TPSA) is 87.0 Å². The Bertz CT molecular complexity index is 143. The minimum Gasteiger partial charge on any atom is -0.497 e. The smallest absolute Gasteiger partial charge is 0.380 e. The molecule has 3 N–H and O–H groups in total. The molecule has 0 bridgehead atoms. The van der Waals surface area contributed by atoms with Gasteiger partial charge >= 0.3 is 11.9 Å².